The number of hydrogen-bond donors (Lipinski definition) is 0. The predicted octanol–water partition coefficient (Wildman–Crippen LogP) is 2.35. The van der Waals surface area contributed by atoms with Gasteiger partial charge in [-0.1, -0.05) is 18.2 Å². The molecule has 0 saturated carbocycles. The normalized spacial score (nSPS) is 17.1. The summed E-state index contributed by atoms with van der Waals surface area (Å²) in [4.78, 5) is 26.9. The first-order valence-corrected chi connectivity index (χ1v) is 5.25. The third-order valence-corrected chi connectivity index (χ3v) is 2.41. The van der Waals surface area contributed by atoms with E-state index in [1.807, 2.05) is 6.07 Å². The quantitative estimate of drug-likeness (QED) is 0.689. The number of hydrogen-bond acceptors (Lipinski definition) is 2. The van der Waals surface area contributed by atoms with Gasteiger partial charge in [0.05, 0.1) is 5.71 Å². The van der Waals surface area contributed by atoms with Crippen molar-refractivity contribution in [1.82, 2.24) is 0 Å². The van der Waals surface area contributed by atoms with Crippen LogP contribution in [0.25, 0.3) is 0 Å². The van der Waals surface area contributed by atoms with E-state index in [4.69, 9.17) is 0 Å². The second-order valence-corrected chi connectivity index (χ2v) is 3.73. The zero-order valence-electron chi connectivity index (χ0n) is 9.38. The summed E-state index contributed by atoms with van der Waals surface area (Å²) in [7, 11) is 0. The lowest BCUT2D eigenvalue weighted by atomic mass is 10.1. The third kappa shape index (κ3) is 2.64. The van der Waals surface area contributed by atoms with Gasteiger partial charge in [0.15, 0.2) is 5.78 Å². The van der Waals surface area contributed by atoms with Crippen LogP contribution in [-0.4, -0.2) is 17.4 Å². The van der Waals surface area contributed by atoms with Gasteiger partial charge >= 0.3 is 0 Å². The van der Waals surface area contributed by atoms with E-state index in [1.54, 1.807) is 43.3 Å². The average Bonchev–Trinajstić information content (AvgIpc) is 2.35. The number of aliphatic imine (C=N–C) groups is 1. The number of carbonyl (C=O) groups is 2. The van der Waals surface area contributed by atoms with Crippen molar-refractivity contribution in [3.8, 4) is 0 Å². The number of amides is 1. The van der Waals surface area contributed by atoms with Gasteiger partial charge < -0.3 is 0 Å². The minimum Gasteiger partial charge on any atom is -0.290 e. The van der Waals surface area contributed by atoms with Gasteiger partial charge in [-0.15, -0.1) is 0 Å². The summed E-state index contributed by atoms with van der Waals surface area (Å²) in [6.07, 6.45) is 4.59. The SMILES string of the molecule is CC1=CC(=NC(=O)c2ccccc2)C=CC1=O. The Balaban J connectivity index is 2.25. The molecule has 1 amide bonds. The average molecular weight is 225 g/mol. The lowest BCUT2D eigenvalue weighted by molar-refractivity contribution is -0.111. The fraction of sp³-hybridized carbons (Fsp3) is 0.0714. The Hall–Kier alpha value is -2.29. The van der Waals surface area contributed by atoms with Gasteiger partial charge in [-0.05, 0) is 42.9 Å². The van der Waals surface area contributed by atoms with Crippen molar-refractivity contribution < 1.29 is 9.59 Å². The molecule has 1 aliphatic carbocycles. The molecule has 0 fully saturated rings. The van der Waals surface area contributed by atoms with E-state index in [0.717, 1.165) is 0 Å². The highest BCUT2D eigenvalue weighted by molar-refractivity contribution is 6.21. The van der Waals surface area contributed by atoms with E-state index in [0.29, 0.717) is 16.8 Å². The Bertz CT molecular complexity index is 551. The molecule has 0 bridgehead atoms. The van der Waals surface area contributed by atoms with Crippen molar-refractivity contribution in [2.24, 2.45) is 4.99 Å². The van der Waals surface area contributed by atoms with Crippen LogP contribution >= 0.6 is 0 Å². The molecule has 3 heteroatoms. The lowest BCUT2D eigenvalue weighted by Gasteiger charge is -2.03. The molecule has 17 heavy (non-hydrogen) atoms. The van der Waals surface area contributed by atoms with Gasteiger partial charge in [0, 0.05) is 5.56 Å². The van der Waals surface area contributed by atoms with Crippen LogP contribution in [0, 0.1) is 0 Å². The van der Waals surface area contributed by atoms with Crippen LogP contribution in [0.1, 0.15) is 17.3 Å². The Morgan fingerprint density at radius 3 is 2.47 bits per heavy atom. The van der Waals surface area contributed by atoms with Crippen molar-refractivity contribution >= 4 is 17.4 Å². The fourth-order valence-electron chi connectivity index (χ4n) is 1.47. The largest absolute Gasteiger partial charge is 0.290 e. The Labute approximate surface area is 99.2 Å². The van der Waals surface area contributed by atoms with Crippen LogP contribution in [0.3, 0.4) is 0 Å². The summed E-state index contributed by atoms with van der Waals surface area (Å²) in [5, 5.41) is 0. The minimum atomic E-state index is -0.302. The zero-order chi connectivity index (χ0) is 12.3. The van der Waals surface area contributed by atoms with Gasteiger partial charge in [-0.3, -0.25) is 9.59 Å². The smallest absolute Gasteiger partial charge is 0.277 e. The van der Waals surface area contributed by atoms with Crippen molar-refractivity contribution in [3.05, 3.63) is 59.7 Å². The molecule has 1 aromatic rings. The van der Waals surface area contributed by atoms with Gasteiger partial charge in [-0.25, -0.2) is 4.99 Å². The maximum atomic E-state index is 11.8. The summed E-state index contributed by atoms with van der Waals surface area (Å²) >= 11 is 0. The molecule has 1 aromatic carbocycles. The zero-order valence-corrected chi connectivity index (χ0v) is 9.38. The van der Waals surface area contributed by atoms with E-state index in [-0.39, 0.29) is 11.7 Å². The number of nitrogens with zero attached hydrogens (tertiary/aromatic N) is 1. The van der Waals surface area contributed by atoms with E-state index < -0.39 is 0 Å². The van der Waals surface area contributed by atoms with Crippen LogP contribution < -0.4 is 0 Å². The van der Waals surface area contributed by atoms with Crippen LogP contribution in [-0.2, 0) is 4.79 Å². The number of rotatable bonds is 1. The van der Waals surface area contributed by atoms with Crippen molar-refractivity contribution in [2.75, 3.05) is 0 Å². The van der Waals surface area contributed by atoms with Crippen LogP contribution in [0.2, 0.25) is 0 Å². The molecule has 0 spiro atoms. The molecule has 1 aliphatic rings. The van der Waals surface area contributed by atoms with Crippen molar-refractivity contribution in [1.29, 1.82) is 0 Å². The number of benzene rings is 1. The standard InChI is InChI=1S/C14H11NO2/c1-10-9-12(7-8-13(10)16)15-14(17)11-5-3-2-4-6-11/h2-9H,1H3. The molecule has 0 radical (unpaired) electrons. The lowest BCUT2D eigenvalue weighted by Crippen LogP contribution is -2.07. The fourth-order valence-corrected chi connectivity index (χ4v) is 1.47. The summed E-state index contributed by atoms with van der Waals surface area (Å²) in [5.74, 6) is -0.347. The Morgan fingerprint density at radius 1 is 1.12 bits per heavy atom. The van der Waals surface area contributed by atoms with Gasteiger partial charge in [-0.2, -0.15) is 0 Å². The molecular weight excluding hydrogens is 214 g/mol. The number of ketones is 1. The second kappa shape index (κ2) is 4.70. The molecular formula is C14H11NO2. The summed E-state index contributed by atoms with van der Waals surface area (Å²) < 4.78 is 0. The molecule has 0 atom stereocenters. The monoisotopic (exact) mass is 225 g/mol. The van der Waals surface area contributed by atoms with Gasteiger partial charge in [0.2, 0.25) is 0 Å². The molecule has 84 valence electrons. The maximum absolute atomic E-state index is 11.8. The summed E-state index contributed by atoms with van der Waals surface area (Å²) in [6, 6.07) is 8.83. The first-order valence-electron chi connectivity index (χ1n) is 5.25. The highest BCUT2D eigenvalue weighted by Crippen LogP contribution is 2.07. The molecule has 0 N–H and O–H groups in total. The molecule has 0 saturated heterocycles. The summed E-state index contributed by atoms with van der Waals surface area (Å²) in [6.45, 7) is 1.70. The molecule has 2 rings (SSSR count). The topological polar surface area (TPSA) is 46.5 Å². The van der Waals surface area contributed by atoms with Crippen molar-refractivity contribution in [2.45, 2.75) is 6.92 Å². The van der Waals surface area contributed by atoms with E-state index in [2.05, 4.69) is 4.99 Å². The molecule has 0 aromatic heterocycles. The van der Waals surface area contributed by atoms with E-state index in [1.165, 1.54) is 6.08 Å². The third-order valence-electron chi connectivity index (χ3n) is 2.41. The number of carbonyl (C=O) groups excluding carboxylic acids is 2. The summed E-state index contributed by atoms with van der Waals surface area (Å²) in [5.41, 5.74) is 1.64. The van der Waals surface area contributed by atoms with Gasteiger partial charge in [0.25, 0.3) is 5.91 Å². The second-order valence-electron chi connectivity index (χ2n) is 3.73. The van der Waals surface area contributed by atoms with E-state index in [9.17, 15) is 9.59 Å². The minimum absolute atomic E-state index is 0.0453. The first-order chi connectivity index (χ1) is 8.16. The molecule has 0 aliphatic heterocycles. The van der Waals surface area contributed by atoms with Crippen LogP contribution in [0.4, 0.5) is 0 Å². The number of allylic oxidation sites excluding steroid dienone is 4. The molecule has 3 nitrogen and oxygen atoms in total. The van der Waals surface area contributed by atoms with Crippen molar-refractivity contribution in [3.63, 3.8) is 0 Å². The Kier molecular flexibility index (Phi) is 3.10. The molecule has 0 heterocycles. The highest BCUT2D eigenvalue weighted by Gasteiger charge is 2.09. The van der Waals surface area contributed by atoms with Crippen LogP contribution in [0.15, 0.2) is 59.1 Å². The molecule has 0 unspecified atom stereocenters. The van der Waals surface area contributed by atoms with E-state index >= 15 is 0 Å². The van der Waals surface area contributed by atoms with Gasteiger partial charge in [0.1, 0.15) is 0 Å². The first kappa shape index (κ1) is 11.2. The predicted molar refractivity (Wildman–Crippen MR) is 66.1 cm³/mol. The Morgan fingerprint density at radius 2 is 1.82 bits per heavy atom. The van der Waals surface area contributed by atoms with Crippen LogP contribution in [0.5, 0.6) is 0 Å². The maximum Gasteiger partial charge on any atom is 0.277 e. The highest BCUT2D eigenvalue weighted by atomic mass is 16.1.